The molecule has 1 saturated carbocycles. The van der Waals surface area contributed by atoms with E-state index in [-0.39, 0.29) is 11.3 Å². The molecule has 1 aliphatic heterocycles. The summed E-state index contributed by atoms with van der Waals surface area (Å²) in [5, 5.41) is 6.66. The molecule has 0 aromatic carbocycles. The first kappa shape index (κ1) is 14.8. The van der Waals surface area contributed by atoms with Crippen molar-refractivity contribution in [2.24, 2.45) is 16.7 Å². The Hall–Kier alpha value is -0.570. The number of rotatable bonds is 4. The van der Waals surface area contributed by atoms with Gasteiger partial charge < -0.3 is 10.6 Å². The van der Waals surface area contributed by atoms with E-state index in [2.05, 4.69) is 31.4 Å². The number of carbonyl (C=O) groups is 1. The highest BCUT2D eigenvalue weighted by Gasteiger charge is 2.38. The third kappa shape index (κ3) is 3.50. The molecule has 1 saturated heterocycles. The molecule has 2 aliphatic rings. The molecule has 0 bridgehead atoms. The summed E-state index contributed by atoms with van der Waals surface area (Å²) in [6, 6.07) is 0. The van der Waals surface area contributed by atoms with E-state index < -0.39 is 0 Å². The summed E-state index contributed by atoms with van der Waals surface area (Å²) in [6.45, 7) is 9.47. The monoisotopic (exact) mass is 266 g/mol. The van der Waals surface area contributed by atoms with Gasteiger partial charge in [-0.3, -0.25) is 4.79 Å². The third-order valence-electron chi connectivity index (χ3n) is 5.39. The summed E-state index contributed by atoms with van der Waals surface area (Å²) in [5.41, 5.74) is 0.0962. The first-order valence-electron chi connectivity index (χ1n) is 7.93. The average Bonchev–Trinajstić information content (AvgIpc) is 2.84. The Bertz CT molecular complexity index is 313. The number of hydrogen-bond acceptors (Lipinski definition) is 2. The molecule has 0 aromatic rings. The second-order valence-corrected chi connectivity index (χ2v) is 7.47. The summed E-state index contributed by atoms with van der Waals surface area (Å²) in [4.78, 5) is 12.5. The molecule has 1 unspecified atom stereocenters. The highest BCUT2D eigenvalue weighted by atomic mass is 16.2. The highest BCUT2D eigenvalue weighted by Crippen LogP contribution is 2.37. The van der Waals surface area contributed by atoms with Gasteiger partial charge in [0, 0.05) is 12.0 Å². The van der Waals surface area contributed by atoms with Gasteiger partial charge >= 0.3 is 0 Å². The van der Waals surface area contributed by atoms with Crippen molar-refractivity contribution in [3.05, 3.63) is 0 Å². The number of amides is 1. The first-order chi connectivity index (χ1) is 8.94. The standard InChI is InChI=1S/C16H30N2O/c1-15(2,13-7-6-10-17-11-13)14(19)18-12-16(3)8-4-5-9-16/h13,17H,4-12H2,1-3H3,(H,18,19). The number of nitrogens with one attached hydrogen (secondary N) is 2. The second-order valence-electron chi connectivity index (χ2n) is 7.47. The molecule has 1 amide bonds. The fraction of sp³-hybridized carbons (Fsp3) is 0.938. The van der Waals surface area contributed by atoms with Crippen LogP contribution in [0.4, 0.5) is 0 Å². The molecule has 19 heavy (non-hydrogen) atoms. The molecule has 2 fully saturated rings. The third-order valence-corrected chi connectivity index (χ3v) is 5.39. The highest BCUT2D eigenvalue weighted by molar-refractivity contribution is 5.82. The van der Waals surface area contributed by atoms with Gasteiger partial charge in [-0.2, -0.15) is 0 Å². The van der Waals surface area contributed by atoms with Gasteiger partial charge in [-0.05, 0) is 50.1 Å². The van der Waals surface area contributed by atoms with E-state index in [4.69, 9.17) is 0 Å². The fourth-order valence-electron chi connectivity index (χ4n) is 3.58. The zero-order chi connectivity index (χ0) is 13.9. The quantitative estimate of drug-likeness (QED) is 0.821. The molecule has 1 heterocycles. The minimum absolute atomic E-state index is 0.245. The molecule has 0 spiro atoms. The maximum atomic E-state index is 12.5. The van der Waals surface area contributed by atoms with Gasteiger partial charge in [-0.25, -0.2) is 0 Å². The predicted molar refractivity (Wildman–Crippen MR) is 79.0 cm³/mol. The number of hydrogen-bond donors (Lipinski definition) is 2. The predicted octanol–water partition coefficient (Wildman–Crippen LogP) is 2.71. The van der Waals surface area contributed by atoms with Gasteiger partial charge in [0.05, 0.1) is 0 Å². The van der Waals surface area contributed by atoms with E-state index in [1.165, 1.54) is 38.5 Å². The number of piperidine rings is 1. The summed E-state index contributed by atoms with van der Waals surface area (Å²) in [7, 11) is 0. The van der Waals surface area contributed by atoms with Gasteiger partial charge in [0.1, 0.15) is 0 Å². The lowest BCUT2D eigenvalue weighted by atomic mass is 9.74. The van der Waals surface area contributed by atoms with Crippen LogP contribution in [0.2, 0.25) is 0 Å². The van der Waals surface area contributed by atoms with E-state index in [0.29, 0.717) is 11.3 Å². The van der Waals surface area contributed by atoms with Gasteiger partial charge in [0.15, 0.2) is 0 Å². The minimum atomic E-state index is -0.248. The second kappa shape index (κ2) is 5.82. The van der Waals surface area contributed by atoms with E-state index in [9.17, 15) is 4.79 Å². The first-order valence-corrected chi connectivity index (χ1v) is 7.93. The van der Waals surface area contributed by atoms with E-state index in [0.717, 1.165) is 19.6 Å². The largest absolute Gasteiger partial charge is 0.355 e. The van der Waals surface area contributed by atoms with Gasteiger partial charge in [-0.15, -0.1) is 0 Å². The van der Waals surface area contributed by atoms with Crippen molar-refractivity contribution < 1.29 is 4.79 Å². The Labute approximate surface area is 117 Å². The van der Waals surface area contributed by atoms with Crippen molar-refractivity contribution in [2.45, 2.75) is 59.3 Å². The smallest absolute Gasteiger partial charge is 0.226 e. The Morgan fingerprint density at radius 2 is 2.00 bits per heavy atom. The zero-order valence-corrected chi connectivity index (χ0v) is 12.8. The van der Waals surface area contributed by atoms with Crippen molar-refractivity contribution in [3.63, 3.8) is 0 Å². The normalized spacial score (nSPS) is 27.2. The van der Waals surface area contributed by atoms with Crippen LogP contribution in [-0.2, 0) is 4.79 Å². The fourth-order valence-corrected chi connectivity index (χ4v) is 3.58. The lowest BCUT2D eigenvalue weighted by Gasteiger charge is -2.37. The maximum Gasteiger partial charge on any atom is 0.226 e. The van der Waals surface area contributed by atoms with Gasteiger partial charge in [0.2, 0.25) is 5.91 Å². The van der Waals surface area contributed by atoms with E-state index in [1.807, 2.05) is 0 Å². The van der Waals surface area contributed by atoms with Crippen molar-refractivity contribution in [1.29, 1.82) is 0 Å². The summed E-state index contributed by atoms with van der Waals surface area (Å²) < 4.78 is 0. The molecule has 0 aromatic heterocycles. The van der Waals surface area contributed by atoms with Crippen molar-refractivity contribution in [2.75, 3.05) is 19.6 Å². The summed E-state index contributed by atoms with van der Waals surface area (Å²) in [6.07, 6.45) is 7.53. The van der Waals surface area contributed by atoms with Crippen molar-refractivity contribution in [3.8, 4) is 0 Å². The summed E-state index contributed by atoms with van der Waals surface area (Å²) in [5.74, 6) is 0.715. The van der Waals surface area contributed by atoms with Crippen LogP contribution >= 0.6 is 0 Å². The Morgan fingerprint density at radius 1 is 1.32 bits per heavy atom. The molecule has 1 atom stereocenters. The van der Waals surface area contributed by atoms with Gasteiger partial charge in [0.25, 0.3) is 0 Å². The van der Waals surface area contributed by atoms with E-state index in [1.54, 1.807) is 0 Å². The molecule has 2 rings (SSSR count). The Kier molecular flexibility index (Phi) is 4.54. The van der Waals surface area contributed by atoms with E-state index >= 15 is 0 Å². The van der Waals surface area contributed by atoms with Crippen LogP contribution in [0.1, 0.15) is 59.3 Å². The lowest BCUT2D eigenvalue weighted by Crippen LogP contribution is -2.49. The van der Waals surface area contributed by atoms with Crippen molar-refractivity contribution >= 4 is 5.91 Å². The van der Waals surface area contributed by atoms with Crippen LogP contribution in [0, 0.1) is 16.7 Å². The molecule has 1 aliphatic carbocycles. The minimum Gasteiger partial charge on any atom is -0.355 e. The van der Waals surface area contributed by atoms with Crippen LogP contribution in [-0.4, -0.2) is 25.5 Å². The van der Waals surface area contributed by atoms with Crippen LogP contribution in [0.5, 0.6) is 0 Å². The Balaban J connectivity index is 1.86. The van der Waals surface area contributed by atoms with Crippen LogP contribution in [0.25, 0.3) is 0 Å². The van der Waals surface area contributed by atoms with Crippen LogP contribution in [0.15, 0.2) is 0 Å². The van der Waals surface area contributed by atoms with Crippen LogP contribution < -0.4 is 10.6 Å². The summed E-state index contributed by atoms with van der Waals surface area (Å²) >= 11 is 0. The zero-order valence-electron chi connectivity index (χ0n) is 12.8. The molecule has 2 N–H and O–H groups in total. The van der Waals surface area contributed by atoms with Crippen molar-refractivity contribution in [1.82, 2.24) is 10.6 Å². The molecular formula is C16H30N2O. The average molecular weight is 266 g/mol. The van der Waals surface area contributed by atoms with Crippen LogP contribution in [0.3, 0.4) is 0 Å². The molecule has 3 heteroatoms. The molecular weight excluding hydrogens is 236 g/mol. The Morgan fingerprint density at radius 3 is 2.58 bits per heavy atom. The molecule has 3 nitrogen and oxygen atoms in total. The number of carbonyl (C=O) groups excluding carboxylic acids is 1. The molecule has 110 valence electrons. The molecule has 0 radical (unpaired) electrons. The topological polar surface area (TPSA) is 41.1 Å². The lowest BCUT2D eigenvalue weighted by molar-refractivity contribution is -0.133. The van der Waals surface area contributed by atoms with Gasteiger partial charge in [-0.1, -0.05) is 33.6 Å². The SMILES string of the molecule is CC1(CNC(=O)C(C)(C)C2CCCNC2)CCCC1. The maximum absolute atomic E-state index is 12.5.